The largest absolute Gasteiger partial charge is 0.471 e. The molecule has 2 heteroatoms. The van der Waals surface area contributed by atoms with Gasteiger partial charge < -0.3 is 9.64 Å². The molecule has 0 radical (unpaired) electrons. The second-order valence-corrected chi connectivity index (χ2v) is 3.13. The highest BCUT2D eigenvalue weighted by Crippen LogP contribution is 2.33. The van der Waals surface area contributed by atoms with E-state index in [1.165, 1.54) is 11.3 Å². The third kappa shape index (κ3) is 1.04. The van der Waals surface area contributed by atoms with Crippen molar-refractivity contribution in [1.82, 2.24) is 0 Å². The SMILES string of the molecule is CCc1ccc2c(c1)N(C)CO2. The number of hydrogen-bond donors (Lipinski definition) is 0. The molecule has 0 saturated heterocycles. The molecule has 0 aromatic heterocycles. The van der Waals surface area contributed by atoms with Crippen LogP contribution in [0.2, 0.25) is 0 Å². The Labute approximate surface area is 72.8 Å². The summed E-state index contributed by atoms with van der Waals surface area (Å²) >= 11 is 0. The minimum atomic E-state index is 0.683. The Bertz CT molecular complexity index is 296. The molecule has 0 aliphatic carbocycles. The van der Waals surface area contributed by atoms with Crippen molar-refractivity contribution >= 4 is 5.69 Å². The lowest BCUT2D eigenvalue weighted by Gasteiger charge is -2.08. The first-order valence-corrected chi connectivity index (χ1v) is 4.28. The van der Waals surface area contributed by atoms with Gasteiger partial charge in [-0.3, -0.25) is 0 Å². The van der Waals surface area contributed by atoms with Gasteiger partial charge in [-0.2, -0.15) is 0 Å². The molecule has 1 heterocycles. The molecule has 0 bridgehead atoms. The maximum atomic E-state index is 5.44. The van der Waals surface area contributed by atoms with E-state index in [-0.39, 0.29) is 0 Å². The van der Waals surface area contributed by atoms with Gasteiger partial charge >= 0.3 is 0 Å². The van der Waals surface area contributed by atoms with Crippen molar-refractivity contribution in [2.45, 2.75) is 13.3 Å². The van der Waals surface area contributed by atoms with E-state index in [4.69, 9.17) is 4.74 Å². The predicted molar refractivity (Wildman–Crippen MR) is 49.7 cm³/mol. The summed E-state index contributed by atoms with van der Waals surface area (Å²) < 4.78 is 5.44. The molecule has 1 aromatic rings. The van der Waals surface area contributed by atoms with Crippen LogP contribution in [0.1, 0.15) is 12.5 Å². The maximum Gasteiger partial charge on any atom is 0.161 e. The second-order valence-electron chi connectivity index (χ2n) is 3.13. The van der Waals surface area contributed by atoms with Crippen LogP contribution in [0.3, 0.4) is 0 Å². The van der Waals surface area contributed by atoms with E-state index < -0.39 is 0 Å². The van der Waals surface area contributed by atoms with Crippen molar-refractivity contribution in [2.75, 3.05) is 18.7 Å². The zero-order valence-corrected chi connectivity index (χ0v) is 7.50. The van der Waals surface area contributed by atoms with Gasteiger partial charge in [0, 0.05) is 7.05 Å². The number of ether oxygens (including phenoxy) is 1. The Kier molecular flexibility index (Phi) is 1.68. The van der Waals surface area contributed by atoms with Crippen LogP contribution >= 0.6 is 0 Å². The fraction of sp³-hybridized carbons (Fsp3) is 0.400. The molecule has 0 saturated carbocycles. The summed E-state index contributed by atoms with van der Waals surface area (Å²) in [4.78, 5) is 2.12. The molecule has 0 unspecified atom stereocenters. The van der Waals surface area contributed by atoms with Crippen molar-refractivity contribution in [3.63, 3.8) is 0 Å². The Morgan fingerprint density at radius 1 is 1.50 bits per heavy atom. The maximum absolute atomic E-state index is 5.44. The van der Waals surface area contributed by atoms with Crippen LogP contribution in [0.25, 0.3) is 0 Å². The summed E-state index contributed by atoms with van der Waals surface area (Å²) in [5, 5.41) is 0. The lowest BCUT2D eigenvalue weighted by Crippen LogP contribution is -2.14. The highest BCUT2D eigenvalue weighted by molar-refractivity contribution is 5.62. The van der Waals surface area contributed by atoms with Crippen molar-refractivity contribution in [3.8, 4) is 5.75 Å². The van der Waals surface area contributed by atoms with Crippen molar-refractivity contribution < 1.29 is 4.74 Å². The molecule has 0 N–H and O–H groups in total. The fourth-order valence-corrected chi connectivity index (χ4v) is 1.44. The topological polar surface area (TPSA) is 12.5 Å². The second kappa shape index (κ2) is 2.70. The lowest BCUT2D eigenvalue weighted by molar-refractivity contribution is 0.353. The molecule has 0 atom stereocenters. The normalized spacial score (nSPS) is 14.3. The number of rotatable bonds is 1. The number of aryl methyl sites for hydroxylation is 1. The van der Waals surface area contributed by atoms with Gasteiger partial charge in [0.1, 0.15) is 5.75 Å². The molecule has 2 nitrogen and oxygen atoms in total. The average Bonchev–Trinajstić information content (AvgIpc) is 2.47. The smallest absolute Gasteiger partial charge is 0.161 e. The van der Waals surface area contributed by atoms with Gasteiger partial charge in [0.15, 0.2) is 6.73 Å². The van der Waals surface area contributed by atoms with E-state index in [9.17, 15) is 0 Å². The van der Waals surface area contributed by atoms with Crippen molar-refractivity contribution in [2.24, 2.45) is 0 Å². The zero-order chi connectivity index (χ0) is 8.55. The number of hydrogen-bond acceptors (Lipinski definition) is 2. The molecular weight excluding hydrogens is 150 g/mol. The van der Waals surface area contributed by atoms with Crippen molar-refractivity contribution in [1.29, 1.82) is 0 Å². The van der Waals surface area contributed by atoms with Gasteiger partial charge in [0.05, 0.1) is 5.69 Å². The molecular formula is C10H13NO. The Balaban J connectivity index is 2.43. The highest BCUT2D eigenvalue weighted by Gasteiger charge is 2.16. The van der Waals surface area contributed by atoms with Gasteiger partial charge in [0.2, 0.25) is 0 Å². The zero-order valence-electron chi connectivity index (χ0n) is 7.50. The Morgan fingerprint density at radius 2 is 2.33 bits per heavy atom. The quantitative estimate of drug-likeness (QED) is 0.628. The first-order chi connectivity index (χ1) is 5.81. The molecule has 2 rings (SSSR count). The number of nitrogens with zero attached hydrogens (tertiary/aromatic N) is 1. The van der Waals surface area contributed by atoms with E-state index in [1.807, 2.05) is 7.05 Å². The first kappa shape index (κ1) is 7.47. The lowest BCUT2D eigenvalue weighted by atomic mass is 10.1. The van der Waals surface area contributed by atoms with Gasteiger partial charge in [-0.15, -0.1) is 0 Å². The van der Waals surface area contributed by atoms with Crippen LogP contribution in [0, 0.1) is 0 Å². The number of benzene rings is 1. The molecule has 1 aliphatic heterocycles. The van der Waals surface area contributed by atoms with Crippen molar-refractivity contribution in [3.05, 3.63) is 23.8 Å². The van der Waals surface area contributed by atoms with E-state index >= 15 is 0 Å². The third-order valence-electron chi connectivity index (χ3n) is 2.26. The van der Waals surface area contributed by atoms with Crippen LogP contribution in [-0.4, -0.2) is 13.8 Å². The molecule has 0 fully saturated rings. The van der Waals surface area contributed by atoms with Gasteiger partial charge in [-0.25, -0.2) is 0 Å². The molecule has 1 aliphatic rings. The summed E-state index contributed by atoms with van der Waals surface area (Å²) in [5.41, 5.74) is 2.58. The summed E-state index contributed by atoms with van der Waals surface area (Å²) in [6.45, 7) is 2.85. The van der Waals surface area contributed by atoms with E-state index in [2.05, 4.69) is 30.0 Å². The van der Waals surface area contributed by atoms with Gasteiger partial charge in [-0.1, -0.05) is 13.0 Å². The minimum Gasteiger partial charge on any atom is -0.471 e. The first-order valence-electron chi connectivity index (χ1n) is 4.28. The van der Waals surface area contributed by atoms with Gasteiger partial charge in [-0.05, 0) is 24.1 Å². The van der Waals surface area contributed by atoms with Crippen LogP contribution < -0.4 is 9.64 Å². The standard InChI is InChI=1S/C10H13NO/c1-3-8-4-5-10-9(6-8)11(2)7-12-10/h4-6H,3,7H2,1-2H3. The van der Waals surface area contributed by atoms with E-state index in [0.717, 1.165) is 12.2 Å². The summed E-state index contributed by atoms with van der Waals surface area (Å²) in [7, 11) is 2.05. The Morgan fingerprint density at radius 3 is 3.08 bits per heavy atom. The van der Waals surface area contributed by atoms with Crippen LogP contribution in [-0.2, 0) is 6.42 Å². The van der Waals surface area contributed by atoms with Crippen LogP contribution in [0.15, 0.2) is 18.2 Å². The van der Waals surface area contributed by atoms with E-state index in [0.29, 0.717) is 6.73 Å². The van der Waals surface area contributed by atoms with Crippen LogP contribution in [0.5, 0.6) is 5.75 Å². The predicted octanol–water partition coefficient (Wildman–Crippen LogP) is 2.04. The summed E-state index contributed by atoms with van der Waals surface area (Å²) in [6, 6.07) is 6.37. The fourth-order valence-electron chi connectivity index (χ4n) is 1.44. The Hall–Kier alpha value is -1.18. The van der Waals surface area contributed by atoms with Crippen LogP contribution in [0.4, 0.5) is 5.69 Å². The number of fused-ring (bicyclic) bond motifs is 1. The molecule has 0 spiro atoms. The minimum absolute atomic E-state index is 0.683. The molecule has 12 heavy (non-hydrogen) atoms. The average molecular weight is 163 g/mol. The molecule has 64 valence electrons. The molecule has 1 aromatic carbocycles. The number of anilines is 1. The molecule has 0 amide bonds. The highest BCUT2D eigenvalue weighted by atomic mass is 16.5. The van der Waals surface area contributed by atoms with Gasteiger partial charge in [0.25, 0.3) is 0 Å². The summed E-state index contributed by atoms with van der Waals surface area (Å²) in [6.07, 6.45) is 1.08. The third-order valence-corrected chi connectivity index (χ3v) is 2.26. The summed E-state index contributed by atoms with van der Waals surface area (Å²) in [5.74, 6) is 1.01. The van der Waals surface area contributed by atoms with E-state index in [1.54, 1.807) is 0 Å². The monoisotopic (exact) mass is 163 g/mol.